The van der Waals surface area contributed by atoms with E-state index in [0.717, 1.165) is 23.5 Å². The molecule has 17 nitrogen and oxygen atoms in total. The Labute approximate surface area is 384 Å². The lowest BCUT2D eigenvalue weighted by Crippen LogP contribution is -2.16. The van der Waals surface area contributed by atoms with Crippen LogP contribution in [0.1, 0.15) is 27.0 Å². The third-order valence-corrected chi connectivity index (χ3v) is 12.6. The predicted octanol–water partition coefficient (Wildman–Crippen LogP) is 12.2. The molecule has 0 spiro atoms. The third-order valence-electron chi connectivity index (χ3n) is 9.18. The number of benzene rings is 5. The van der Waals surface area contributed by atoms with Crippen molar-refractivity contribution in [1.29, 1.82) is 10.5 Å². The van der Waals surface area contributed by atoms with E-state index in [2.05, 4.69) is 53.5 Å². The summed E-state index contributed by atoms with van der Waals surface area (Å²) in [7, 11) is -9.41. The van der Waals surface area contributed by atoms with E-state index in [1.807, 2.05) is 6.07 Å². The van der Waals surface area contributed by atoms with E-state index in [0.29, 0.717) is 27.5 Å². The zero-order valence-electron chi connectivity index (χ0n) is 33.1. The summed E-state index contributed by atoms with van der Waals surface area (Å²) in [6, 6.07) is 34.9. The number of aromatic nitrogens is 1. The van der Waals surface area contributed by atoms with E-state index < -0.39 is 35.9 Å². The Balaban J connectivity index is 1.31. The number of nitrogens with zero attached hydrogens (tertiary/aromatic N) is 7. The number of hydrogen-bond acceptors (Lipinski definition) is 15. The summed E-state index contributed by atoms with van der Waals surface area (Å²) < 4.78 is 67.2. The molecule has 5 N–H and O–H groups in total. The molecule has 7 aromatic rings. The maximum atomic E-state index is 13.1. The fourth-order valence-electron chi connectivity index (χ4n) is 6.13. The van der Waals surface area contributed by atoms with Crippen molar-refractivity contribution in [1.82, 2.24) is 4.98 Å². The number of amides is 1. The average Bonchev–Trinajstić information content (AvgIpc) is 3.64. The molecule has 0 bridgehead atoms. The molecule has 0 fully saturated rings. The van der Waals surface area contributed by atoms with E-state index in [-0.39, 0.29) is 66.0 Å². The number of anilines is 5. The van der Waals surface area contributed by atoms with Gasteiger partial charge in [-0.2, -0.15) is 27.4 Å². The summed E-state index contributed by atoms with van der Waals surface area (Å²) in [5.74, 6) is -0.741. The molecule has 0 saturated carbocycles. The molecule has 0 radical (unpaired) electrons. The topological polar surface area (TPSA) is 272 Å². The van der Waals surface area contributed by atoms with Gasteiger partial charge in [0.25, 0.3) is 26.1 Å². The van der Waals surface area contributed by atoms with Crippen molar-refractivity contribution in [3.05, 3.63) is 154 Å². The van der Waals surface area contributed by atoms with E-state index in [9.17, 15) is 41.3 Å². The van der Waals surface area contributed by atoms with Gasteiger partial charge in [-0.25, -0.2) is 4.98 Å². The molecule has 0 aliphatic heterocycles. The van der Waals surface area contributed by atoms with Crippen LogP contribution in [0.3, 0.4) is 0 Å². The number of carbonyl (C=O) groups excluding carboxylic acids is 1. The highest BCUT2D eigenvalue weighted by Gasteiger charge is 2.24. The first kappa shape index (κ1) is 45.6. The average molecular weight is 964 g/mol. The van der Waals surface area contributed by atoms with Gasteiger partial charge >= 0.3 is 0 Å². The van der Waals surface area contributed by atoms with Crippen molar-refractivity contribution in [2.75, 3.05) is 16.0 Å². The fourth-order valence-corrected chi connectivity index (χ4v) is 8.86. The molecular weight excluding hydrogens is 936 g/mol. The largest absolute Gasteiger partial charge is 0.339 e. The highest BCUT2D eigenvalue weighted by atomic mass is 35.5. The molecule has 65 heavy (non-hydrogen) atoms. The van der Waals surface area contributed by atoms with Crippen molar-refractivity contribution in [3.63, 3.8) is 0 Å². The molecule has 324 valence electrons. The lowest BCUT2D eigenvalue weighted by Gasteiger charge is -2.16. The molecule has 22 heteroatoms. The first-order valence-corrected chi connectivity index (χ1v) is 22.9. The number of hydrogen-bond donors (Lipinski definition) is 5. The lowest BCUT2D eigenvalue weighted by atomic mass is 10.0. The van der Waals surface area contributed by atoms with Gasteiger partial charge < -0.3 is 16.0 Å². The number of thiophene rings is 1. The van der Waals surface area contributed by atoms with Crippen molar-refractivity contribution < 1.29 is 30.7 Å². The molecule has 2 heterocycles. The van der Waals surface area contributed by atoms with E-state index >= 15 is 0 Å². The standard InChI is InChI=1S/C43H28Cl2N10O7S3/c1-24-32(22-46)39(49-30-19-20-34(45)36(21-30)65(60,61)62)51-40(48-27-17-13-26(44)14-18-27)38(24)53-54-42-33(23-47)37(43(63-42)55-52-29-7-3-2-4-8-29)25-11-15-28(16-12-25)50-41(56)31-9-5-6-10-35(31)64(57,58)59/h2-21H,1H3,(H,50,56)(H2,48,49,51)(H,57,58,59)(H,60,61,62). The van der Waals surface area contributed by atoms with Crippen LogP contribution in [-0.4, -0.2) is 36.8 Å². The Bertz CT molecular complexity index is 3370. The van der Waals surface area contributed by atoms with Crippen molar-refractivity contribution in [2.24, 2.45) is 20.5 Å². The molecule has 1 amide bonds. The van der Waals surface area contributed by atoms with E-state index in [4.69, 9.17) is 23.2 Å². The van der Waals surface area contributed by atoms with Gasteiger partial charge in [-0.1, -0.05) is 77.0 Å². The zero-order chi connectivity index (χ0) is 46.5. The van der Waals surface area contributed by atoms with Crippen molar-refractivity contribution in [2.45, 2.75) is 16.7 Å². The Hall–Kier alpha value is -7.40. The van der Waals surface area contributed by atoms with Gasteiger partial charge in [0.1, 0.15) is 38.2 Å². The summed E-state index contributed by atoms with van der Waals surface area (Å²) in [6.45, 7) is 1.59. The normalized spacial score (nSPS) is 11.6. The highest BCUT2D eigenvalue weighted by molar-refractivity contribution is 7.86. The summed E-state index contributed by atoms with van der Waals surface area (Å²) in [5, 5.41) is 48.1. The molecule has 0 atom stereocenters. The molecule has 2 aromatic heterocycles. The number of carbonyl (C=O) groups is 1. The molecule has 0 aliphatic carbocycles. The zero-order valence-corrected chi connectivity index (χ0v) is 37.1. The van der Waals surface area contributed by atoms with Crippen LogP contribution in [-0.2, 0) is 20.2 Å². The minimum Gasteiger partial charge on any atom is -0.339 e. The van der Waals surface area contributed by atoms with Gasteiger partial charge in [0, 0.05) is 33.2 Å². The maximum absolute atomic E-state index is 13.1. The van der Waals surface area contributed by atoms with E-state index in [1.54, 1.807) is 67.6 Å². The molecule has 0 aliphatic rings. The van der Waals surface area contributed by atoms with Gasteiger partial charge in [0.05, 0.1) is 21.8 Å². The minimum absolute atomic E-state index is 0.0117. The molecule has 7 rings (SSSR count). The second-order valence-corrected chi connectivity index (χ2v) is 18.1. The minimum atomic E-state index is -4.71. The number of pyridine rings is 1. The number of rotatable bonds is 13. The maximum Gasteiger partial charge on any atom is 0.296 e. The van der Waals surface area contributed by atoms with Crippen LogP contribution in [0, 0.1) is 29.6 Å². The smallest absolute Gasteiger partial charge is 0.296 e. The van der Waals surface area contributed by atoms with Crippen molar-refractivity contribution >= 4 is 111 Å². The van der Waals surface area contributed by atoms with Gasteiger partial charge in [0.2, 0.25) is 0 Å². The third kappa shape index (κ3) is 10.5. The summed E-state index contributed by atoms with van der Waals surface area (Å²) in [6.07, 6.45) is 0. The Morgan fingerprint density at radius 3 is 1.94 bits per heavy atom. The van der Waals surface area contributed by atoms with Crippen LogP contribution in [0.15, 0.2) is 152 Å². The van der Waals surface area contributed by atoms with E-state index in [1.165, 1.54) is 42.5 Å². The number of azo groups is 2. The second-order valence-electron chi connectivity index (χ2n) is 13.5. The Morgan fingerprint density at radius 1 is 0.677 bits per heavy atom. The van der Waals surface area contributed by atoms with Crippen LogP contribution in [0.5, 0.6) is 0 Å². The summed E-state index contributed by atoms with van der Waals surface area (Å²) >= 11 is 13.2. The van der Waals surface area contributed by atoms with Crippen LogP contribution in [0.4, 0.5) is 50.1 Å². The molecule has 0 unspecified atom stereocenters. The fraction of sp³-hybridized carbons (Fsp3) is 0.0233. The lowest BCUT2D eigenvalue weighted by molar-refractivity contribution is 0.102. The predicted molar refractivity (Wildman–Crippen MR) is 246 cm³/mol. The SMILES string of the molecule is Cc1c(C#N)c(Nc2ccc(Cl)c(S(=O)(=O)O)c2)nc(Nc2ccc(Cl)cc2)c1N=Nc1sc(N=Nc2ccccc2)c(-c2ccc(NC(=O)c3ccccc3S(=O)(=O)O)cc2)c1C#N. The van der Waals surface area contributed by atoms with Gasteiger partial charge in [-0.3, -0.25) is 13.9 Å². The van der Waals surface area contributed by atoms with Gasteiger partial charge in [-0.15, -0.1) is 20.5 Å². The highest BCUT2D eigenvalue weighted by Crippen LogP contribution is 2.49. The van der Waals surface area contributed by atoms with Crippen LogP contribution < -0.4 is 16.0 Å². The second kappa shape index (κ2) is 19.1. The monoisotopic (exact) mass is 962 g/mol. The summed E-state index contributed by atoms with van der Waals surface area (Å²) in [4.78, 5) is 16.6. The molecular formula is C43H28Cl2N10O7S3. The number of nitriles is 2. The molecule has 0 saturated heterocycles. The number of nitrogens with one attached hydrogen (secondary N) is 3. The Kier molecular flexibility index (Phi) is 13.4. The van der Waals surface area contributed by atoms with Crippen LogP contribution >= 0.6 is 34.5 Å². The first-order valence-electron chi connectivity index (χ1n) is 18.5. The quantitative estimate of drug-likeness (QED) is 0.0533. The first-order chi connectivity index (χ1) is 31.0. The van der Waals surface area contributed by atoms with Crippen LogP contribution in [0.2, 0.25) is 10.0 Å². The Morgan fingerprint density at radius 2 is 1.28 bits per heavy atom. The van der Waals surface area contributed by atoms with Gasteiger partial charge in [0.15, 0.2) is 16.6 Å². The van der Waals surface area contributed by atoms with Gasteiger partial charge in [-0.05, 0) is 91.3 Å². The van der Waals surface area contributed by atoms with Crippen molar-refractivity contribution in [3.8, 4) is 23.3 Å². The number of halogens is 2. The van der Waals surface area contributed by atoms with Crippen LogP contribution in [0.25, 0.3) is 11.1 Å². The summed E-state index contributed by atoms with van der Waals surface area (Å²) in [5.41, 5.74) is 2.30. The molecule has 5 aromatic carbocycles.